The smallest absolute Gasteiger partial charge is 0.191 e. The van der Waals surface area contributed by atoms with Crippen molar-refractivity contribution in [1.82, 2.24) is 15.6 Å². The highest BCUT2D eigenvalue weighted by Crippen LogP contribution is 2.21. The molecule has 1 aromatic heterocycles. The van der Waals surface area contributed by atoms with E-state index in [-0.39, 0.29) is 29.8 Å². The van der Waals surface area contributed by atoms with E-state index in [1.807, 2.05) is 18.2 Å². The molecular formula is C19H20FIN4S. The first-order valence-corrected chi connectivity index (χ1v) is 8.81. The summed E-state index contributed by atoms with van der Waals surface area (Å²) in [6.07, 6.45) is 0. The molecule has 0 radical (unpaired) electrons. The molecule has 2 N–H and O–H groups in total. The van der Waals surface area contributed by atoms with Crippen LogP contribution in [-0.4, -0.2) is 18.0 Å². The van der Waals surface area contributed by atoms with E-state index in [0.29, 0.717) is 19.0 Å². The fraction of sp³-hybridized carbons (Fsp3) is 0.158. The number of hydrogen-bond donors (Lipinski definition) is 2. The molecule has 0 bridgehead atoms. The van der Waals surface area contributed by atoms with Crippen molar-refractivity contribution in [2.75, 3.05) is 7.05 Å². The second-order valence-corrected chi connectivity index (χ2v) is 6.34. The van der Waals surface area contributed by atoms with Crippen LogP contribution < -0.4 is 10.6 Å². The molecule has 0 saturated heterocycles. The van der Waals surface area contributed by atoms with E-state index in [1.54, 1.807) is 30.5 Å². The Kier molecular flexibility index (Phi) is 7.99. The lowest BCUT2D eigenvalue weighted by Crippen LogP contribution is -2.36. The number of thiazole rings is 1. The molecule has 1 heterocycles. The van der Waals surface area contributed by atoms with E-state index in [9.17, 15) is 4.39 Å². The maximum atomic E-state index is 12.9. The number of guanidine groups is 1. The topological polar surface area (TPSA) is 49.3 Å². The number of rotatable bonds is 5. The Hall–Kier alpha value is -2.00. The van der Waals surface area contributed by atoms with Gasteiger partial charge in [0.05, 0.1) is 12.2 Å². The molecule has 7 heteroatoms. The number of benzene rings is 2. The maximum Gasteiger partial charge on any atom is 0.191 e. The summed E-state index contributed by atoms with van der Waals surface area (Å²) in [4.78, 5) is 8.84. The van der Waals surface area contributed by atoms with Gasteiger partial charge in [-0.2, -0.15) is 0 Å². The van der Waals surface area contributed by atoms with E-state index in [0.717, 1.165) is 21.8 Å². The Morgan fingerprint density at radius 1 is 1.04 bits per heavy atom. The van der Waals surface area contributed by atoms with Gasteiger partial charge in [-0.3, -0.25) is 4.99 Å². The Labute approximate surface area is 173 Å². The van der Waals surface area contributed by atoms with Crippen LogP contribution in [0.15, 0.2) is 65.0 Å². The third-order valence-corrected chi connectivity index (χ3v) is 4.47. The lowest BCUT2D eigenvalue weighted by Gasteiger charge is -2.10. The highest BCUT2D eigenvalue weighted by Gasteiger charge is 2.05. The number of aliphatic imine (C=N–C) groups is 1. The molecule has 0 aliphatic heterocycles. The third kappa shape index (κ3) is 5.77. The van der Waals surface area contributed by atoms with Crippen molar-refractivity contribution in [3.63, 3.8) is 0 Å². The number of halogens is 2. The molecule has 0 spiro atoms. The number of aromatic nitrogens is 1. The second-order valence-electron chi connectivity index (χ2n) is 5.40. The average molecular weight is 482 g/mol. The van der Waals surface area contributed by atoms with Gasteiger partial charge in [0.1, 0.15) is 10.8 Å². The molecular weight excluding hydrogens is 462 g/mol. The Morgan fingerprint density at radius 3 is 2.42 bits per heavy atom. The second kappa shape index (κ2) is 10.2. The third-order valence-electron chi connectivity index (χ3n) is 3.63. The van der Waals surface area contributed by atoms with Crippen molar-refractivity contribution >= 4 is 41.3 Å². The van der Waals surface area contributed by atoms with Gasteiger partial charge in [-0.15, -0.1) is 35.3 Å². The maximum absolute atomic E-state index is 12.9. The quantitative estimate of drug-likeness (QED) is 0.322. The Balaban J connectivity index is 0.00000243. The minimum Gasteiger partial charge on any atom is -0.352 e. The van der Waals surface area contributed by atoms with Gasteiger partial charge in [0, 0.05) is 24.5 Å². The molecule has 26 heavy (non-hydrogen) atoms. The molecule has 0 fully saturated rings. The molecule has 136 valence electrons. The Morgan fingerprint density at radius 2 is 1.73 bits per heavy atom. The van der Waals surface area contributed by atoms with Crippen LogP contribution in [-0.2, 0) is 13.1 Å². The predicted molar refractivity (Wildman–Crippen MR) is 116 cm³/mol. The molecule has 2 aromatic carbocycles. The highest BCUT2D eigenvalue weighted by molar-refractivity contribution is 14.0. The fourth-order valence-corrected chi connectivity index (χ4v) is 3.04. The van der Waals surface area contributed by atoms with Gasteiger partial charge in [-0.25, -0.2) is 9.37 Å². The van der Waals surface area contributed by atoms with Gasteiger partial charge in [0.25, 0.3) is 0 Å². The van der Waals surface area contributed by atoms with Gasteiger partial charge in [0.2, 0.25) is 0 Å². The normalized spacial score (nSPS) is 10.9. The SMILES string of the molecule is CN=C(NCc1ccc(F)cc1)NCc1nc(-c2ccccc2)cs1.I. The van der Waals surface area contributed by atoms with E-state index >= 15 is 0 Å². The lowest BCUT2D eigenvalue weighted by atomic mass is 10.2. The lowest BCUT2D eigenvalue weighted by molar-refractivity contribution is 0.626. The van der Waals surface area contributed by atoms with Crippen LogP contribution in [0, 0.1) is 5.82 Å². The van der Waals surface area contributed by atoms with Crippen molar-refractivity contribution < 1.29 is 4.39 Å². The standard InChI is InChI=1S/C19H19FN4S.HI/c1-21-19(22-11-14-7-9-16(20)10-8-14)23-12-18-24-17(13-25-18)15-5-3-2-4-6-15;/h2-10,13H,11-12H2,1H3,(H2,21,22,23);1H. The van der Waals surface area contributed by atoms with Crippen LogP contribution >= 0.6 is 35.3 Å². The van der Waals surface area contributed by atoms with Crippen LogP contribution in [0.4, 0.5) is 4.39 Å². The summed E-state index contributed by atoms with van der Waals surface area (Å²) in [7, 11) is 1.72. The van der Waals surface area contributed by atoms with Gasteiger partial charge in [-0.05, 0) is 17.7 Å². The van der Waals surface area contributed by atoms with E-state index in [2.05, 4.69) is 38.1 Å². The minimum absolute atomic E-state index is 0. The summed E-state index contributed by atoms with van der Waals surface area (Å²) in [5.74, 6) is 0.449. The van der Waals surface area contributed by atoms with Crippen molar-refractivity contribution in [3.8, 4) is 11.3 Å². The summed E-state index contributed by atoms with van der Waals surface area (Å²) in [5.41, 5.74) is 3.09. The molecule has 0 unspecified atom stereocenters. The largest absolute Gasteiger partial charge is 0.352 e. The van der Waals surface area contributed by atoms with Crippen LogP contribution in [0.3, 0.4) is 0 Å². The highest BCUT2D eigenvalue weighted by atomic mass is 127. The first kappa shape index (κ1) is 20.3. The van der Waals surface area contributed by atoms with E-state index < -0.39 is 0 Å². The molecule has 4 nitrogen and oxygen atoms in total. The van der Waals surface area contributed by atoms with Crippen molar-refractivity contribution in [2.45, 2.75) is 13.1 Å². The molecule has 0 atom stereocenters. The van der Waals surface area contributed by atoms with Gasteiger partial charge >= 0.3 is 0 Å². The average Bonchev–Trinajstić information content (AvgIpc) is 3.13. The molecule has 0 aliphatic carbocycles. The number of nitrogens with zero attached hydrogens (tertiary/aromatic N) is 2. The summed E-state index contributed by atoms with van der Waals surface area (Å²) in [5, 5.41) is 9.50. The first-order valence-electron chi connectivity index (χ1n) is 7.93. The van der Waals surface area contributed by atoms with Crippen LogP contribution in [0.5, 0.6) is 0 Å². The van der Waals surface area contributed by atoms with Gasteiger partial charge in [-0.1, -0.05) is 42.5 Å². The fourth-order valence-electron chi connectivity index (χ4n) is 2.30. The molecule has 3 aromatic rings. The molecule has 0 aliphatic rings. The number of hydrogen-bond acceptors (Lipinski definition) is 3. The first-order chi connectivity index (χ1) is 12.2. The monoisotopic (exact) mass is 482 g/mol. The van der Waals surface area contributed by atoms with Crippen LogP contribution in [0.25, 0.3) is 11.3 Å². The summed E-state index contributed by atoms with van der Waals surface area (Å²) >= 11 is 1.61. The summed E-state index contributed by atoms with van der Waals surface area (Å²) < 4.78 is 12.9. The molecule has 3 rings (SSSR count). The zero-order chi connectivity index (χ0) is 17.5. The zero-order valence-electron chi connectivity index (χ0n) is 14.3. The molecule has 0 amide bonds. The summed E-state index contributed by atoms with van der Waals surface area (Å²) in [6.45, 7) is 1.17. The van der Waals surface area contributed by atoms with E-state index in [4.69, 9.17) is 0 Å². The van der Waals surface area contributed by atoms with Crippen molar-refractivity contribution in [1.29, 1.82) is 0 Å². The van der Waals surface area contributed by atoms with Crippen molar-refractivity contribution in [2.24, 2.45) is 4.99 Å². The van der Waals surface area contributed by atoms with Gasteiger partial charge in [0.15, 0.2) is 5.96 Å². The Bertz CT molecular complexity index is 834. The minimum atomic E-state index is -0.232. The van der Waals surface area contributed by atoms with Crippen molar-refractivity contribution in [3.05, 3.63) is 76.4 Å². The van der Waals surface area contributed by atoms with Crippen LogP contribution in [0.2, 0.25) is 0 Å². The molecule has 0 saturated carbocycles. The van der Waals surface area contributed by atoms with E-state index in [1.165, 1.54) is 12.1 Å². The predicted octanol–water partition coefficient (Wildman–Crippen LogP) is 4.43. The summed E-state index contributed by atoms with van der Waals surface area (Å²) in [6, 6.07) is 16.5. The van der Waals surface area contributed by atoms with Gasteiger partial charge < -0.3 is 10.6 Å². The number of nitrogens with one attached hydrogen (secondary N) is 2. The zero-order valence-corrected chi connectivity index (χ0v) is 17.4. The van der Waals surface area contributed by atoms with Crippen LogP contribution in [0.1, 0.15) is 10.6 Å².